The van der Waals surface area contributed by atoms with Crippen LogP contribution in [0.15, 0.2) is 23.3 Å². The van der Waals surface area contributed by atoms with E-state index in [9.17, 15) is 14.4 Å². The molecule has 3 amide bonds. The van der Waals surface area contributed by atoms with Crippen molar-refractivity contribution in [2.45, 2.75) is 25.7 Å². The van der Waals surface area contributed by atoms with Crippen LogP contribution in [0.25, 0.3) is 0 Å². The number of amides is 3. The van der Waals surface area contributed by atoms with Crippen LogP contribution in [0.1, 0.15) is 35.2 Å². The molecule has 0 spiro atoms. The number of aryl methyl sites for hydroxylation is 1. The summed E-state index contributed by atoms with van der Waals surface area (Å²) < 4.78 is 5.60. The number of fused-ring (bicyclic) bond motifs is 1. The minimum absolute atomic E-state index is 0.0160. The first-order valence-electron chi connectivity index (χ1n) is 9.31. The van der Waals surface area contributed by atoms with Gasteiger partial charge in [0.25, 0.3) is 11.8 Å². The van der Waals surface area contributed by atoms with Gasteiger partial charge >= 0.3 is 0 Å². The number of hydrazone groups is 1. The summed E-state index contributed by atoms with van der Waals surface area (Å²) in [6.07, 6.45) is 2.54. The predicted octanol–water partition coefficient (Wildman–Crippen LogP) is 0.562. The minimum atomic E-state index is -0.169. The zero-order valence-corrected chi connectivity index (χ0v) is 15.1. The fourth-order valence-electron chi connectivity index (χ4n) is 3.60. The molecule has 1 saturated heterocycles. The third-order valence-corrected chi connectivity index (χ3v) is 5.16. The van der Waals surface area contributed by atoms with E-state index in [1.165, 1.54) is 0 Å². The van der Waals surface area contributed by atoms with Crippen molar-refractivity contribution < 1.29 is 19.1 Å². The van der Waals surface area contributed by atoms with E-state index < -0.39 is 0 Å². The lowest BCUT2D eigenvalue weighted by molar-refractivity contribution is -0.126. The van der Waals surface area contributed by atoms with Crippen molar-refractivity contribution in [1.82, 2.24) is 15.2 Å². The molecule has 3 aliphatic heterocycles. The summed E-state index contributed by atoms with van der Waals surface area (Å²) >= 11 is 0. The van der Waals surface area contributed by atoms with Gasteiger partial charge in [0.15, 0.2) is 0 Å². The van der Waals surface area contributed by atoms with Crippen LogP contribution in [0.3, 0.4) is 0 Å². The first-order valence-corrected chi connectivity index (χ1v) is 9.31. The Kier molecular flexibility index (Phi) is 4.79. The molecule has 0 aromatic heterocycles. The maximum absolute atomic E-state index is 12.8. The van der Waals surface area contributed by atoms with Gasteiger partial charge in [-0.3, -0.25) is 14.4 Å². The van der Waals surface area contributed by atoms with Gasteiger partial charge in [-0.1, -0.05) is 0 Å². The second kappa shape index (κ2) is 7.38. The van der Waals surface area contributed by atoms with Crippen LogP contribution in [-0.2, 0) is 16.0 Å². The molecular weight excluding hydrogens is 348 g/mol. The average Bonchev–Trinajstić information content (AvgIpc) is 2.73. The molecule has 142 valence electrons. The van der Waals surface area contributed by atoms with Gasteiger partial charge in [0.1, 0.15) is 11.5 Å². The summed E-state index contributed by atoms with van der Waals surface area (Å²) in [5.41, 5.74) is 4.48. The number of hydrogen-bond acceptors (Lipinski definition) is 5. The Bertz CT molecular complexity index is 812. The number of hydrogen-bond donors (Lipinski definition) is 1. The van der Waals surface area contributed by atoms with E-state index in [-0.39, 0.29) is 24.1 Å². The first-order chi connectivity index (χ1) is 13.1. The van der Waals surface area contributed by atoms with Crippen LogP contribution in [0.4, 0.5) is 0 Å². The first kappa shape index (κ1) is 17.5. The van der Waals surface area contributed by atoms with Gasteiger partial charge < -0.3 is 14.5 Å². The van der Waals surface area contributed by atoms with E-state index >= 15 is 0 Å². The molecule has 0 saturated carbocycles. The largest absolute Gasteiger partial charge is 0.493 e. The van der Waals surface area contributed by atoms with Crippen LogP contribution < -0.4 is 10.2 Å². The zero-order valence-electron chi connectivity index (χ0n) is 15.1. The molecule has 8 heteroatoms. The van der Waals surface area contributed by atoms with Crippen molar-refractivity contribution >= 4 is 23.4 Å². The SMILES string of the molecule is O=C1CCC(C(=O)N2CCN(C(=O)c3ccc4c(c3)CCCO4)CC2)=NN1. The van der Waals surface area contributed by atoms with Crippen molar-refractivity contribution in [3.8, 4) is 5.75 Å². The molecule has 0 atom stereocenters. The number of carbonyl (C=O) groups is 3. The highest BCUT2D eigenvalue weighted by molar-refractivity contribution is 6.39. The van der Waals surface area contributed by atoms with Crippen molar-refractivity contribution in [3.63, 3.8) is 0 Å². The predicted molar refractivity (Wildman–Crippen MR) is 97.6 cm³/mol. The fraction of sp³-hybridized carbons (Fsp3) is 0.474. The highest BCUT2D eigenvalue weighted by atomic mass is 16.5. The molecule has 27 heavy (non-hydrogen) atoms. The van der Waals surface area contributed by atoms with Gasteiger partial charge in [0.2, 0.25) is 5.91 Å². The molecule has 1 N–H and O–H groups in total. The standard InChI is InChI=1S/C19H22N4O4/c24-17-6-4-15(20-21-17)19(26)23-9-7-22(8-10-23)18(25)14-3-5-16-13(12-14)2-1-11-27-16/h3,5,12H,1-2,4,6-11H2,(H,21,24). The van der Waals surface area contributed by atoms with E-state index in [0.717, 1.165) is 30.8 Å². The third kappa shape index (κ3) is 3.65. The third-order valence-electron chi connectivity index (χ3n) is 5.16. The molecule has 1 aromatic rings. The lowest BCUT2D eigenvalue weighted by Crippen LogP contribution is -2.52. The number of nitrogens with one attached hydrogen (secondary N) is 1. The lowest BCUT2D eigenvalue weighted by atomic mass is 10.0. The highest BCUT2D eigenvalue weighted by Gasteiger charge is 2.29. The topological polar surface area (TPSA) is 91.3 Å². The molecule has 3 heterocycles. The number of nitrogens with zero attached hydrogens (tertiary/aromatic N) is 3. The van der Waals surface area contributed by atoms with Crippen molar-refractivity contribution in [3.05, 3.63) is 29.3 Å². The Morgan fingerprint density at radius 3 is 2.44 bits per heavy atom. The number of carbonyl (C=O) groups excluding carboxylic acids is 3. The summed E-state index contributed by atoms with van der Waals surface area (Å²) in [5.74, 6) is 0.525. The molecule has 3 aliphatic rings. The molecule has 0 radical (unpaired) electrons. The average molecular weight is 370 g/mol. The van der Waals surface area contributed by atoms with Crippen LogP contribution in [0.5, 0.6) is 5.75 Å². The van der Waals surface area contributed by atoms with Gasteiger partial charge in [-0.2, -0.15) is 5.10 Å². The van der Waals surface area contributed by atoms with Crippen LogP contribution >= 0.6 is 0 Å². The molecular formula is C19H22N4O4. The van der Waals surface area contributed by atoms with E-state index in [2.05, 4.69) is 10.5 Å². The summed E-state index contributed by atoms with van der Waals surface area (Å²) in [5, 5.41) is 3.86. The molecule has 1 fully saturated rings. The van der Waals surface area contributed by atoms with E-state index in [4.69, 9.17) is 4.74 Å². The van der Waals surface area contributed by atoms with Crippen molar-refractivity contribution in [2.75, 3.05) is 32.8 Å². The molecule has 0 unspecified atom stereocenters. The molecule has 1 aromatic carbocycles. The molecule has 0 aliphatic carbocycles. The smallest absolute Gasteiger partial charge is 0.270 e. The van der Waals surface area contributed by atoms with E-state index in [0.29, 0.717) is 43.9 Å². The molecule has 0 bridgehead atoms. The number of piperazine rings is 1. The Labute approximate surface area is 157 Å². The normalized spacial score (nSPS) is 19.6. The van der Waals surface area contributed by atoms with Crippen LogP contribution in [-0.4, -0.2) is 66.0 Å². The minimum Gasteiger partial charge on any atom is -0.493 e. The maximum atomic E-state index is 12.8. The number of benzene rings is 1. The second-order valence-corrected chi connectivity index (χ2v) is 6.95. The monoisotopic (exact) mass is 370 g/mol. The van der Waals surface area contributed by atoms with Gasteiger partial charge in [-0.15, -0.1) is 0 Å². The van der Waals surface area contributed by atoms with E-state index in [1.54, 1.807) is 9.80 Å². The summed E-state index contributed by atoms with van der Waals surface area (Å²) in [4.78, 5) is 39.9. The quantitative estimate of drug-likeness (QED) is 0.824. The number of ether oxygens (including phenoxy) is 1. The van der Waals surface area contributed by atoms with Gasteiger partial charge in [-0.25, -0.2) is 5.43 Å². The van der Waals surface area contributed by atoms with Gasteiger partial charge in [-0.05, 0) is 36.6 Å². The number of rotatable bonds is 2. The fourth-order valence-corrected chi connectivity index (χ4v) is 3.60. The summed E-state index contributed by atoms with van der Waals surface area (Å²) in [6.45, 7) is 2.62. The van der Waals surface area contributed by atoms with Gasteiger partial charge in [0, 0.05) is 44.6 Å². The summed E-state index contributed by atoms with van der Waals surface area (Å²) in [6, 6.07) is 5.61. The van der Waals surface area contributed by atoms with Crippen molar-refractivity contribution in [2.24, 2.45) is 5.10 Å². The van der Waals surface area contributed by atoms with Crippen LogP contribution in [0, 0.1) is 0 Å². The Hall–Kier alpha value is -2.90. The van der Waals surface area contributed by atoms with Crippen molar-refractivity contribution in [1.29, 1.82) is 0 Å². The molecule has 8 nitrogen and oxygen atoms in total. The molecule has 4 rings (SSSR count). The van der Waals surface area contributed by atoms with Crippen LogP contribution in [0.2, 0.25) is 0 Å². The maximum Gasteiger partial charge on any atom is 0.270 e. The highest BCUT2D eigenvalue weighted by Crippen LogP contribution is 2.26. The zero-order chi connectivity index (χ0) is 18.8. The Morgan fingerprint density at radius 1 is 1.00 bits per heavy atom. The lowest BCUT2D eigenvalue weighted by Gasteiger charge is -2.35. The Balaban J connectivity index is 1.37. The van der Waals surface area contributed by atoms with E-state index in [1.807, 2.05) is 18.2 Å². The Morgan fingerprint density at radius 2 is 1.74 bits per heavy atom. The summed E-state index contributed by atoms with van der Waals surface area (Å²) in [7, 11) is 0. The van der Waals surface area contributed by atoms with Gasteiger partial charge in [0.05, 0.1) is 6.61 Å². The second-order valence-electron chi connectivity index (χ2n) is 6.95.